The molecule has 1 aromatic rings. The summed E-state index contributed by atoms with van der Waals surface area (Å²) < 4.78 is 11.3. The third-order valence-electron chi connectivity index (χ3n) is 4.95. The first kappa shape index (κ1) is 22.8. The van der Waals surface area contributed by atoms with Crippen LogP contribution in [0.5, 0.6) is 5.75 Å². The molecule has 0 spiro atoms. The fourth-order valence-corrected chi connectivity index (χ4v) is 3.27. The summed E-state index contributed by atoms with van der Waals surface area (Å²) >= 11 is 0. The number of carbonyl (C=O) groups excluding carboxylic acids is 1. The maximum atomic E-state index is 12.0. The Kier molecular flexibility index (Phi) is 9.05. The molecule has 1 aliphatic carbocycles. The molecule has 5 N–H and O–H groups in total. The average Bonchev–Trinajstić information content (AvgIpc) is 2.72. The summed E-state index contributed by atoms with van der Waals surface area (Å²) in [5, 5.41) is 3.86. The van der Waals surface area contributed by atoms with Crippen molar-refractivity contribution in [2.75, 3.05) is 13.7 Å². The lowest BCUT2D eigenvalue weighted by atomic mass is 9.98. The number of rotatable bonds is 9. The van der Waals surface area contributed by atoms with Gasteiger partial charge in [0.25, 0.3) is 0 Å². The number of aryl methyl sites for hydroxylation is 1. The number of amides is 1. The number of nitrogens with one attached hydrogen (secondary N) is 1. The van der Waals surface area contributed by atoms with Crippen LogP contribution in [0, 0.1) is 0 Å². The van der Waals surface area contributed by atoms with Gasteiger partial charge in [0.15, 0.2) is 5.82 Å². The predicted molar refractivity (Wildman–Crippen MR) is 114 cm³/mol. The molecular formula is C21H35N5O3. The molecule has 1 aliphatic rings. The normalized spacial score (nSPS) is 15.4. The number of hydrogen-bond donors (Lipinski definition) is 3. The Balaban J connectivity index is 2.18. The maximum Gasteiger partial charge on any atom is 0.412 e. The van der Waals surface area contributed by atoms with Crippen LogP contribution in [-0.4, -0.2) is 35.8 Å². The lowest BCUT2D eigenvalue weighted by Gasteiger charge is -2.24. The zero-order valence-electron chi connectivity index (χ0n) is 17.9. The number of pyridine rings is 1. The van der Waals surface area contributed by atoms with Crippen molar-refractivity contribution in [2.24, 2.45) is 11.6 Å². The van der Waals surface area contributed by atoms with E-state index >= 15 is 0 Å². The minimum atomic E-state index is -0.596. The van der Waals surface area contributed by atoms with Crippen LogP contribution in [0.4, 0.5) is 4.79 Å². The van der Waals surface area contributed by atoms with E-state index in [0.717, 1.165) is 37.1 Å². The molecule has 1 aromatic heterocycles. The van der Waals surface area contributed by atoms with Gasteiger partial charge < -0.3 is 15.2 Å². The second-order valence-electron chi connectivity index (χ2n) is 7.36. The van der Waals surface area contributed by atoms with Gasteiger partial charge in [-0.05, 0) is 50.7 Å². The topological polar surface area (TPSA) is 116 Å². The summed E-state index contributed by atoms with van der Waals surface area (Å²) in [6, 6.07) is 3.69. The molecule has 8 heteroatoms. The van der Waals surface area contributed by atoms with Crippen LogP contribution in [0.3, 0.4) is 0 Å². The Morgan fingerprint density at radius 1 is 1.28 bits per heavy atom. The summed E-state index contributed by atoms with van der Waals surface area (Å²) in [4.78, 5) is 16.7. The Bertz CT molecular complexity index is 700. The van der Waals surface area contributed by atoms with Crippen LogP contribution < -0.4 is 21.6 Å². The second-order valence-corrected chi connectivity index (χ2v) is 7.36. The predicted octanol–water partition coefficient (Wildman–Crippen LogP) is 3.27. The van der Waals surface area contributed by atoms with Crippen LogP contribution in [0.2, 0.25) is 0 Å². The van der Waals surface area contributed by atoms with Crippen molar-refractivity contribution in [3.63, 3.8) is 0 Å². The number of aromatic nitrogens is 1. The molecule has 1 fully saturated rings. The van der Waals surface area contributed by atoms with E-state index in [-0.39, 0.29) is 17.6 Å². The summed E-state index contributed by atoms with van der Waals surface area (Å²) in [7, 11) is 1.59. The number of ether oxygens (including phenoxy) is 2. The highest BCUT2D eigenvalue weighted by molar-refractivity contribution is 5.74. The van der Waals surface area contributed by atoms with E-state index in [2.05, 4.69) is 10.3 Å². The van der Waals surface area contributed by atoms with Crippen molar-refractivity contribution in [1.29, 1.82) is 0 Å². The van der Waals surface area contributed by atoms with Gasteiger partial charge in [0.2, 0.25) is 0 Å². The van der Waals surface area contributed by atoms with Crippen LogP contribution in [0.25, 0.3) is 5.70 Å². The highest BCUT2D eigenvalue weighted by Gasteiger charge is 2.19. The molecular weight excluding hydrogens is 370 g/mol. The van der Waals surface area contributed by atoms with E-state index in [4.69, 9.17) is 21.1 Å². The summed E-state index contributed by atoms with van der Waals surface area (Å²) in [5.74, 6) is 6.91. The van der Waals surface area contributed by atoms with Gasteiger partial charge in [-0.1, -0.05) is 26.7 Å². The minimum absolute atomic E-state index is 0.238. The van der Waals surface area contributed by atoms with E-state index in [9.17, 15) is 4.79 Å². The van der Waals surface area contributed by atoms with Crippen LogP contribution in [0.1, 0.15) is 70.2 Å². The molecule has 2 rings (SSSR count). The molecule has 0 aromatic carbocycles. The van der Waals surface area contributed by atoms with Crippen LogP contribution >= 0.6 is 0 Å². The van der Waals surface area contributed by atoms with E-state index in [1.807, 2.05) is 19.9 Å². The highest BCUT2D eigenvalue weighted by atomic mass is 16.5. The van der Waals surface area contributed by atoms with Gasteiger partial charge in [0.05, 0.1) is 24.1 Å². The molecule has 162 valence electrons. The summed E-state index contributed by atoms with van der Waals surface area (Å²) in [6.07, 6.45) is 7.96. The quantitative estimate of drug-likeness (QED) is 0.328. The molecule has 1 saturated carbocycles. The minimum Gasteiger partial charge on any atom is -0.489 e. The van der Waals surface area contributed by atoms with E-state index < -0.39 is 6.09 Å². The van der Waals surface area contributed by atoms with E-state index in [1.165, 1.54) is 24.3 Å². The van der Waals surface area contributed by atoms with Gasteiger partial charge in [-0.2, -0.15) is 0 Å². The number of alkyl carbamates (subject to hydrolysis) is 1. The lowest BCUT2D eigenvalue weighted by molar-refractivity contribution is 0.144. The van der Waals surface area contributed by atoms with E-state index in [0.29, 0.717) is 18.7 Å². The number of nitrogens with zero attached hydrogens (tertiary/aromatic N) is 2. The van der Waals surface area contributed by atoms with Crippen molar-refractivity contribution < 1.29 is 14.3 Å². The number of carbonyl (C=O) groups is 1. The Hall–Kier alpha value is -2.48. The summed E-state index contributed by atoms with van der Waals surface area (Å²) in [6.45, 7) is 4.39. The molecule has 1 heterocycles. The molecule has 8 nitrogen and oxygen atoms in total. The van der Waals surface area contributed by atoms with E-state index in [1.54, 1.807) is 13.1 Å². The van der Waals surface area contributed by atoms with Gasteiger partial charge in [0, 0.05) is 7.05 Å². The monoisotopic (exact) mass is 405 g/mol. The average molecular weight is 406 g/mol. The van der Waals surface area contributed by atoms with Crippen molar-refractivity contribution in [3.8, 4) is 5.75 Å². The Labute approximate surface area is 173 Å². The van der Waals surface area contributed by atoms with Crippen LogP contribution in [0.15, 0.2) is 18.0 Å². The maximum absolute atomic E-state index is 12.0. The van der Waals surface area contributed by atoms with Crippen molar-refractivity contribution in [2.45, 2.75) is 71.3 Å². The standard InChI is InChI=1S/C21H35N5O3/c1-4-6-14-28-21(27)25-20(26(3)23)19(22)17-12-13-18(16(5-2)24-17)29-15-10-8-7-9-11-15/h12-13,15H,4-11,14,22-23H2,1-3H3,(H,25,27)/b20-19-. The SMILES string of the molecule is CCCCOC(=O)N/C(=C(/N)c1ccc(OC2CCCCC2)c(CC)n1)N(C)N. The van der Waals surface area contributed by atoms with Crippen molar-refractivity contribution in [1.82, 2.24) is 15.3 Å². The summed E-state index contributed by atoms with van der Waals surface area (Å²) in [5.41, 5.74) is 7.91. The third kappa shape index (κ3) is 6.81. The number of hydrazine groups is 1. The second kappa shape index (κ2) is 11.5. The largest absolute Gasteiger partial charge is 0.489 e. The molecule has 0 atom stereocenters. The smallest absolute Gasteiger partial charge is 0.412 e. The zero-order chi connectivity index (χ0) is 21.2. The fourth-order valence-electron chi connectivity index (χ4n) is 3.27. The van der Waals surface area contributed by atoms with Gasteiger partial charge in [-0.25, -0.2) is 15.6 Å². The number of unbranched alkanes of at least 4 members (excludes halogenated alkanes) is 1. The molecule has 0 saturated heterocycles. The highest BCUT2D eigenvalue weighted by Crippen LogP contribution is 2.27. The Morgan fingerprint density at radius 3 is 2.62 bits per heavy atom. The first-order chi connectivity index (χ1) is 14.0. The molecule has 0 bridgehead atoms. The first-order valence-electron chi connectivity index (χ1n) is 10.5. The van der Waals surface area contributed by atoms with Gasteiger partial charge in [-0.15, -0.1) is 0 Å². The fraction of sp³-hybridized carbons (Fsp3) is 0.619. The van der Waals surface area contributed by atoms with Crippen LogP contribution in [-0.2, 0) is 11.2 Å². The Morgan fingerprint density at radius 2 is 2.00 bits per heavy atom. The van der Waals surface area contributed by atoms with Crippen molar-refractivity contribution >= 4 is 11.8 Å². The van der Waals surface area contributed by atoms with Crippen molar-refractivity contribution in [3.05, 3.63) is 29.3 Å². The molecule has 29 heavy (non-hydrogen) atoms. The van der Waals surface area contributed by atoms with Gasteiger partial charge in [0.1, 0.15) is 11.4 Å². The van der Waals surface area contributed by atoms with Gasteiger partial charge >= 0.3 is 6.09 Å². The molecule has 0 radical (unpaired) electrons. The number of nitrogens with two attached hydrogens (primary N) is 2. The zero-order valence-corrected chi connectivity index (χ0v) is 17.9. The molecule has 0 aliphatic heterocycles. The first-order valence-corrected chi connectivity index (χ1v) is 10.5. The number of hydrogen-bond acceptors (Lipinski definition) is 7. The van der Waals surface area contributed by atoms with Gasteiger partial charge in [-0.3, -0.25) is 10.3 Å². The lowest BCUT2D eigenvalue weighted by Crippen LogP contribution is -2.39. The third-order valence-corrected chi connectivity index (χ3v) is 4.95. The molecule has 0 unspecified atom stereocenters. The molecule has 1 amide bonds.